The molecule has 0 bridgehead atoms. The van der Waals surface area contributed by atoms with Crippen molar-refractivity contribution >= 4 is 21.6 Å². The van der Waals surface area contributed by atoms with E-state index in [2.05, 4.69) is 4.72 Å². The molecule has 1 rings (SSSR count). The summed E-state index contributed by atoms with van der Waals surface area (Å²) in [6, 6.07) is 4.34. The Bertz CT molecular complexity index is 502. The Balaban J connectivity index is 3.00. The molecule has 0 aliphatic carbocycles. The van der Waals surface area contributed by atoms with E-state index in [9.17, 15) is 8.42 Å². The molecule has 0 saturated carbocycles. The maximum Gasteiger partial charge on any atom is 0.240 e. The minimum atomic E-state index is -3.52. The minimum absolute atomic E-state index is 0.111. The van der Waals surface area contributed by atoms with Crippen LogP contribution in [0, 0.1) is 0 Å². The van der Waals surface area contributed by atoms with Gasteiger partial charge < -0.3 is 4.74 Å². The van der Waals surface area contributed by atoms with Gasteiger partial charge in [0.25, 0.3) is 0 Å². The SMILES string of the molecule is CCOc1ccc(S(=O)(=O)N[C@H](C)CC)cc1Cl. The number of hydrogen-bond acceptors (Lipinski definition) is 3. The highest BCUT2D eigenvalue weighted by Crippen LogP contribution is 2.27. The van der Waals surface area contributed by atoms with Crippen LogP contribution in [0.5, 0.6) is 5.75 Å². The largest absolute Gasteiger partial charge is 0.492 e. The van der Waals surface area contributed by atoms with Gasteiger partial charge in [0.05, 0.1) is 16.5 Å². The van der Waals surface area contributed by atoms with Crippen molar-refractivity contribution in [1.82, 2.24) is 4.72 Å². The number of hydrogen-bond donors (Lipinski definition) is 1. The summed E-state index contributed by atoms with van der Waals surface area (Å²) in [7, 11) is -3.52. The molecule has 0 unspecified atom stereocenters. The molecule has 6 heteroatoms. The van der Waals surface area contributed by atoms with E-state index < -0.39 is 10.0 Å². The number of benzene rings is 1. The van der Waals surface area contributed by atoms with Crippen LogP contribution in [0.15, 0.2) is 23.1 Å². The molecule has 0 amide bonds. The second-order valence-electron chi connectivity index (χ2n) is 3.96. The first-order valence-electron chi connectivity index (χ1n) is 5.85. The van der Waals surface area contributed by atoms with Gasteiger partial charge in [0, 0.05) is 6.04 Å². The summed E-state index contributed by atoms with van der Waals surface area (Å²) in [5.74, 6) is 0.488. The maximum absolute atomic E-state index is 12.0. The second-order valence-corrected chi connectivity index (χ2v) is 6.08. The molecule has 102 valence electrons. The fourth-order valence-electron chi connectivity index (χ4n) is 1.34. The van der Waals surface area contributed by atoms with Gasteiger partial charge in [-0.3, -0.25) is 0 Å². The summed E-state index contributed by atoms with van der Waals surface area (Å²) in [5.41, 5.74) is 0. The van der Waals surface area contributed by atoms with Crippen LogP contribution >= 0.6 is 11.6 Å². The molecular formula is C12H18ClNO3S. The highest BCUT2D eigenvalue weighted by Gasteiger charge is 2.17. The van der Waals surface area contributed by atoms with Gasteiger partial charge in [-0.1, -0.05) is 18.5 Å². The topological polar surface area (TPSA) is 55.4 Å². The molecule has 0 saturated heterocycles. The van der Waals surface area contributed by atoms with E-state index in [0.717, 1.165) is 6.42 Å². The van der Waals surface area contributed by atoms with Crippen LogP contribution in [-0.4, -0.2) is 21.1 Å². The van der Waals surface area contributed by atoms with Crippen molar-refractivity contribution in [2.24, 2.45) is 0 Å². The standard InChI is InChI=1S/C12H18ClNO3S/c1-4-9(3)14-18(15,16)10-6-7-12(17-5-2)11(13)8-10/h6-9,14H,4-5H2,1-3H3/t9-/m1/s1. The van der Waals surface area contributed by atoms with Crippen LogP contribution in [0.1, 0.15) is 27.2 Å². The van der Waals surface area contributed by atoms with E-state index in [-0.39, 0.29) is 10.9 Å². The van der Waals surface area contributed by atoms with Crippen molar-refractivity contribution in [3.05, 3.63) is 23.2 Å². The molecule has 0 aromatic heterocycles. The normalized spacial score (nSPS) is 13.3. The molecule has 1 N–H and O–H groups in total. The van der Waals surface area contributed by atoms with E-state index in [1.54, 1.807) is 6.07 Å². The van der Waals surface area contributed by atoms with E-state index in [1.807, 2.05) is 20.8 Å². The lowest BCUT2D eigenvalue weighted by atomic mass is 10.3. The number of nitrogens with one attached hydrogen (secondary N) is 1. The molecule has 4 nitrogen and oxygen atoms in total. The minimum Gasteiger partial charge on any atom is -0.492 e. The molecular weight excluding hydrogens is 274 g/mol. The molecule has 1 atom stereocenters. The van der Waals surface area contributed by atoms with Crippen LogP contribution in [-0.2, 0) is 10.0 Å². The zero-order valence-electron chi connectivity index (χ0n) is 10.7. The van der Waals surface area contributed by atoms with E-state index in [4.69, 9.17) is 16.3 Å². The predicted molar refractivity (Wildman–Crippen MR) is 72.7 cm³/mol. The Hall–Kier alpha value is -0.780. The van der Waals surface area contributed by atoms with Gasteiger partial charge in [-0.05, 0) is 38.5 Å². The number of sulfonamides is 1. The van der Waals surface area contributed by atoms with Crippen molar-refractivity contribution < 1.29 is 13.2 Å². The third kappa shape index (κ3) is 3.86. The lowest BCUT2D eigenvalue weighted by Gasteiger charge is -2.13. The molecule has 1 aromatic rings. The van der Waals surface area contributed by atoms with Crippen molar-refractivity contribution in [3.8, 4) is 5.75 Å². The smallest absolute Gasteiger partial charge is 0.240 e. The summed E-state index contributed by atoms with van der Waals surface area (Å²) >= 11 is 5.97. The lowest BCUT2D eigenvalue weighted by Crippen LogP contribution is -2.31. The lowest BCUT2D eigenvalue weighted by molar-refractivity contribution is 0.340. The molecule has 18 heavy (non-hydrogen) atoms. The van der Waals surface area contributed by atoms with E-state index in [0.29, 0.717) is 17.4 Å². The fraction of sp³-hybridized carbons (Fsp3) is 0.500. The molecule has 0 radical (unpaired) electrons. The van der Waals surface area contributed by atoms with Crippen LogP contribution in [0.25, 0.3) is 0 Å². The zero-order valence-corrected chi connectivity index (χ0v) is 12.3. The Morgan fingerprint density at radius 2 is 2.06 bits per heavy atom. The van der Waals surface area contributed by atoms with Gasteiger partial charge in [-0.15, -0.1) is 0 Å². The highest BCUT2D eigenvalue weighted by atomic mass is 35.5. The number of rotatable bonds is 6. The first-order chi connectivity index (χ1) is 8.40. The first kappa shape index (κ1) is 15.3. The van der Waals surface area contributed by atoms with Crippen molar-refractivity contribution in [2.45, 2.75) is 38.1 Å². The monoisotopic (exact) mass is 291 g/mol. The van der Waals surface area contributed by atoms with Gasteiger partial charge in [-0.2, -0.15) is 0 Å². The predicted octanol–water partition coefficient (Wildman–Crippen LogP) is 2.82. The maximum atomic E-state index is 12.0. The van der Waals surface area contributed by atoms with E-state index in [1.165, 1.54) is 12.1 Å². The van der Waals surface area contributed by atoms with Crippen LogP contribution in [0.3, 0.4) is 0 Å². The van der Waals surface area contributed by atoms with Gasteiger partial charge in [0.1, 0.15) is 5.75 Å². The third-order valence-electron chi connectivity index (χ3n) is 2.48. The number of ether oxygens (including phenoxy) is 1. The van der Waals surface area contributed by atoms with Gasteiger partial charge in [-0.25, -0.2) is 13.1 Å². The Morgan fingerprint density at radius 3 is 2.56 bits per heavy atom. The molecule has 1 aromatic carbocycles. The molecule has 0 spiro atoms. The first-order valence-corrected chi connectivity index (χ1v) is 7.71. The summed E-state index contributed by atoms with van der Waals surface area (Å²) in [5, 5.41) is 0.295. The molecule has 0 heterocycles. The van der Waals surface area contributed by atoms with E-state index >= 15 is 0 Å². The summed E-state index contributed by atoms with van der Waals surface area (Å²) < 4.78 is 31.9. The highest BCUT2D eigenvalue weighted by molar-refractivity contribution is 7.89. The van der Waals surface area contributed by atoms with Crippen LogP contribution < -0.4 is 9.46 Å². The van der Waals surface area contributed by atoms with Crippen molar-refractivity contribution in [2.75, 3.05) is 6.61 Å². The molecule has 0 aliphatic rings. The number of halogens is 1. The van der Waals surface area contributed by atoms with Crippen LogP contribution in [0.2, 0.25) is 5.02 Å². The summed E-state index contributed by atoms with van der Waals surface area (Å²) in [6.07, 6.45) is 0.726. The second kappa shape index (κ2) is 6.41. The summed E-state index contributed by atoms with van der Waals surface area (Å²) in [6.45, 7) is 6.05. The van der Waals surface area contributed by atoms with Crippen LogP contribution in [0.4, 0.5) is 0 Å². The summed E-state index contributed by atoms with van der Waals surface area (Å²) in [4.78, 5) is 0.149. The van der Waals surface area contributed by atoms with Crippen molar-refractivity contribution in [1.29, 1.82) is 0 Å². The third-order valence-corrected chi connectivity index (χ3v) is 4.36. The van der Waals surface area contributed by atoms with Crippen molar-refractivity contribution in [3.63, 3.8) is 0 Å². The average Bonchev–Trinajstić information content (AvgIpc) is 2.31. The Kier molecular flexibility index (Phi) is 5.44. The molecule has 0 aliphatic heterocycles. The Labute approximate surface area is 113 Å². The fourth-order valence-corrected chi connectivity index (χ4v) is 2.99. The average molecular weight is 292 g/mol. The van der Waals surface area contributed by atoms with Gasteiger partial charge >= 0.3 is 0 Å². The Morgan fingerprint density at radius 1 is 1.39 bits per heavy atom. The zero-order chi connectivity index (χ0) is 13.8. The van der Waals surface area contributed by atoms with Gasteiger partial charge in [0.2, 0.25) is 10.0 Å². The quantitative estimate of drug-likeness (QED) is 0.877. The van der Waals surface area contributed by atoms with Gasteiger partial charge in [0.15, 0.2) is 0 Å². The molecule has 0 fully saturated rings.